The Hall–Kier alpha value is -0.570. The number of hydrogen-bond donors (Lipinski definition) is 1. The lowest BCUT2D eigenvalue weighted by Crippen LogP contribution is -2.63. The first-order chi connectivity index (χ1) is 11.0. The Balaban J connectivity index is 2.51. The van der Waals surface area contributed by atoms with Gasteiger partial charge in [0.2, 0.25) is 0 Å². The summed E-state index contributed by atoms with van der Waals surface area (Å²) >= 11 is 6.15. The third-order valence-corrected chi connectivity index (χ3v) is 6.09. The molecule has 23 heavy (non-hydrogen) atoms. The van der Waals surface area contributed by atoms with Crippen LogP contribution in [0.2, 0.25) is 5.02 Å². The van der Waals surface area contributed by atoms with Gasteiger partial charge in [0.25, 0.3) is 0 Å². The lowest BCUT2D eigenvalue weighted by molar-refractivity contribution is -0.00275. The lowest BCUT2D eigenvalue weighted by atomic mass is 9.62. The lowest BCUT2D eigenvalue weighted by Gasteiger charge is -2.55. The summed E-state index contributed by atoms with van der Waals surface area (Å²) in [5.74, 6) is 1.49. The zero-order chi connectivity index (χ0) is 17.0. The molecule has 1 aliphatic rings. The Morgan fingerprint density at radius 1 is 1.22 bits per heavy atom. The molecule has 1 fully saturated rings. The van der Waals surface area contributed by atoms with Crippen molar-refractivity contribution in [3.05, 3.63) is 34.9 Å². The molecule has 2 nitrogen and oxygen atoms in total. The molecule has 0 spiro atoms. The van der Waals surface area contributed by atoms with E-state index < -0.39 is 0 Å². The van der Waals surface area contributed by atoms with Crippen LogP contribution in [0.4, 0.5) is 0 Å². The first kappa shape index (κ1) is 18.8. The summed E-state index contributed by atoms with van der Waals surface area (Å²) in [6.07, 6.45) is 5.02. The van der Waals surface area contributed by atoms with E-state index in [0.717, 1.165) is 17.5 Å². The van der Waals surface area contributed by atoms with Crippen LogP contribution in [0.5, 0.6) is 0 Å². The normalized spacial score (nSPS) is 31.5. The largest absolute Gasteiger partial charge is 0.312 e. The molecule has 1 N–H and O–H groups in total. The number of halogens is 1. The number of rotatable bonds is 6. The predicted octanol–water partition coefficient (Wildman–Crippen LogP) is 4.92. The summed E-state index contributed by atoms with van der Waals surface area (Å²) in [5.41, 5.74) is 1.44. The minimum atomic E-state index is 0.0486. The van der Waals surface area contributed by atoms with Crippen molar-refractivity contribution in [1.82, 2.24) is 10.2 Å². The Morgan fingerprint density at radius 3 is 2.39 bits per heavy atom. The summed E-state index contributed by atoms with van der Waals surface area (Å²) < 4.78 is 0. The number of hydrogen-bond acceptors (Lipinski definition) is 2. The minimum Gasteiger partial charge on any atom is -0.312 e. The molecular weight excluding hydrogens is 304 g/mol. The fraction of sp³-hybridized carbons (Fsp3) is 0.700. The van der Waals surface area contributed by atoms with Crippen LogP contribution in [-0.2, 0) is 5.54 Å². The van der Waals surface area contributed by atoms with E-state index in [1.54, 1.807) is 0 Å². The van der Waals surface area contributed by atoms with Gasteiger partial charge in [-0.25, -0.2) is 0 Å². The highest BCUT2D eigenvalue weighted by Gasteiger charge is 2.49. The van der Waals surface area contributed by atoms with Crippen molar-refractivity contribution in [2.24, 2.45) is 11.8 Å². The van der Waals surface area contributed by atoms with Crippen LogP contribution >= 0.6 is 11.6 Å². The molecule has 2 rings (SSSR count). The number of nitrogens with one attached hydrogen (secondary N) is 1. The van der Waals surface area contributed by atoms with Gasteiger partial charge in [0.15, 0.2) is 0 Å². The molecule has 1 aromatic rings. The van der Waals surface area contributed by atoms with Crippen molar-refractivity contribution in [3.63, 3.8) is 0 Å². The van der Waals surface area contributed by atoms with Crippen molar-refractivity contribution in [2.75, 3.05) is 20.6 Å². The monoisotopic (exact) mass is 336 g/mol. The average Bonchev–Trinajstić information content (AvgIpc) is 2.52. The highest BCUT2D eigenvalue weighted by molar-refractivity contribution is 6.30. The third kappa shape index (κ3) is 3.60. The smallest absolute Gasteiger partial charge is 0.0612 e. The Labute approximate surface area is 147 Å². The summed E-state index contributed by atoms with van der Waals surface area (Å²) in [6, 6.07) is 9.01. The van der Waals surface area contributed by atoms with Gasteiger partial charge in [-0.3, -0.25) is 4.90 Å². The van der Waals surface area contributed by atoms with E-state index in [0.29, 0.717) is 12.0 Å². The first-order valence-electron chi connectivity index (χ1n) is 9.14. The Kier molecular flexibility index (Phi) is 6.53. The highest BCUT2D eigenvalue weighted by atomic mass is 35.5. The zero-order valence-electron chi connectivity index (χ0n) is 15.4. The van der Waals surface area contributed by atoms with E-state index in [2.05, 4.69) is 57.2 Å². The molecule has 1 aliphatic carbocycles. The fourth-order valence-corrected chi connectivity index (χ4v) is 4.77. The van der Waals surface area contributed by atoms with Gasteiger partial charge in [-0.05, 0) is 69.4 Å². The average molecular weight is 337 g/mol. The van der Waals surface area contributed by atoms with E-state index in [4.69, 9.17) is 11.6 Å². The van der Waals surface area contributed by atoms with Gasteiger partial charge in [0.1, 0.15) is 0 Å². The highest BCUT2D eigenvalue weighted by Crippen LogP contribution is 2.47. The second kappa shape index (κ2) is 8.00. The van der Waals surface area contributed by atoms with Crippen LogP contribution in [0.25, 0.3) is 0 Å². The van der Waals surface area contributed by atoms with Crippen LogP contribution in [-0.4, -0.2) is 31.6 Å². The van der Waals surface area contributed by atoms with Gasteiger partial charge in [0.05, 0.1) is 5.54 Å². The van der Waals surface area contributed by atoms with Crippen LogP contribution < -0.4 is 5.32 Å². The number of likely N-dealkylation sites (N-methyl/N-ethyl adjacent to an activating group) is 2. The maximum Gasteiger partial charge on any atom is 0.0612 e. The molecule has 0 aliphatic heterocycles. The molecule has 3 heteroatoms. The second-order valence-corrected chi connectivity index (χ2v) is 7.77. The fourth-order valence-electron chi connectivity index (χ4n) is 4.65. The number of nitrogens with zero attached hydrogens (tertiary/aromatic N) is 1. The van der Waals surface area contributed by atoms with Crippen LogP contribution in [0.3, 0.4) is 0 Å². The van der Waals surface area contributed by atoms with E-state index >= 15 is 0 Å². The molecule has 130 valence electrons. The molecule has 0 bridgehead atoms. The Morgan fingerprint density at radius 2 is 1.87 bits per heavy atom. The SMILES string of the molecule is CCCC1C(C)CCC(c2ccc(Cl)cc2)(N(C)C)C1NCC. The molecular formula is C20H33ClN2. The molecule has 4 atom stereocenters. The van der Waals surface area contributed by atoms with Gasteiger partial charge < -0.3 is 5.32 Å². The molecule has 1 aromatic carbocycles. The maximum atomic E-state index is 6.15. The Bertz CT molecular complexity index is 485. The molecule has 0 radical (unpaired) electrons. The first-order valence-corrected chi connectivity index (χ1v) is 9.52. The third-order valence-electron chi connectivity index (χ3n) is 5.84. The van der Waals surface area contributed by atoms with E-state index in [1.165, 1.54) is 31.2 Å². The van der Waals surface area contributed by atoms with Crippen molar-refractivity contribution >= 4 is 11.6 Å². The molecule has 0 heterocycles. The van der Waals surface area contributed by atoms with Crippen LogP contribution in [0, 0.1) is 11.8 Å². The summed E-state index contributed by atoms with van der Waals surface area (Å²) in [7, 11) is 4.47. The van der Waals surface area contributed by atoms with Crippen molar-refractivity contribution < 1.29 is 0 Å². The van der Waals surface area contributed by atoms with Gasteiger partial charge in [-0.2, -0.15) is 0 Å². The summed E-state index contributed by atoms with van der Waals surface area (Å²) in [4.78, 5) is 2.44. The zero-order valence-corrected chi connectivity index (χ0v) is 16.2. The topological polar surface area (TPSA) is 15.3 Å². The van der Waals surface area contributed by atoms with E-state index in [9.17, 15) is 0 Å². The van der Waals surface area contributed by atoms with Crippen molar-refractivity contribution in [2.45, 2.75) is 58.0 Å². The standard InChI is InChI=1S/C20H33ClN2/c1-6-8-18-15(3)13-14-20(23(4)5,19(18)22-7-2)16-9-11-17(21)12-10-16/h9-12,15,18-19,22H,6-8,13-14H2,1-5H3. The summed E-state index contributed by atoms with van der Waals surface area (Å²) in [6.45, 7) is 7.99. The minimum absolute atomic E-state index is 0.0486. The van der Waals surface area contributed by atoms with Crippen molar-refractivity contribution in [3.8, 4) is 0 Å². The number of benzene rings is 1. The molecule has 1 saturated carbocycles. The van der Waals surface area contributed by atoms with E-state index in [-0.39, 0.29) is 5.54 Å². The molecule has 0 aromatic heterocycles. The maximum absolute atomic E-state index is 6.15. The molecule has 0 amide bonds. The summed E-state index contributed by atoms with van der Waals surface area (Å²) in [5, 5.41) is 4.68. The van der Waals surface area contributed by atoms with E-state index in [1.807, 2.05) is 12.1 Å². The quantitative estimate of drug-likeness (QED) is 0.793. The van der Waals surface area contributed by atoms with Gasteiger partial charge in [0, 0.05) is 11.1 Å². The van der Waals surface area contributed by atoms with Gasteiger partial charge in [-0.1, -0.05) is 50.9 Å². The van der Waals surface area contributed by atoms with Crippen molar-refractivity contribution in [1.29, 1.82) is 0 Å². The van der Waals surface area contributed by atoms with Crippen LogP contribution in [0.15, 0.2) is 24.3 Å². The molecule has 0 saturated heterocycles. The predicted molar refractivity (Wildman–Crippen MR) is 101 cm³/mol. The van der Waals surface area contributed by atoms with Crippen LogP contribution in [0.1, 0.15) is 52.0 Å². The van der Waals surface area contributed by atoms with Gasteiger partial charge in [-0.15, -0.1) is 0 Å². The second-order valence-electron chi connectivity index (χ2n) is 7.33. The van der Waals surface area contributed by atoms with Gasteiger partial charge >= 0.3 is 0 Å². The molecule has 4 unspecified atom stereocenters.